The Morgan fingerprint density at radius 3 is 2.33 bits per heavy atom. The van der Waals surface area contributed by atoms with Crippen LogP contribution in [0.15, 0.2) is 51.8 Å². The minimum Gasteiger partial charge on any atom is -0.293 e. The Hall–Kier alpha value is -1.28. The van der Waals surface area contributed by atoms with Gasteiger partial charge in [-0.2, -0.15) is 0 Å². The summed E-state index contributed by atoms with van der Waals surface area (Å²) in [5.41, 5.74) is 2.71. The zero-order valence-electron chi connectivity index (χ0n) is 16.8. The highest BCUT2D eigenvalue weighted by molar-refractivity contribution is 8.04. The summed E-state index contributed by atoms with van der Waals surface area (Å²) in [5, 5.41) is 0. The molecule has 1 aliphatic heterocycles. The highest BCUT2D eigenvalue weighted by Crippen LogP contribution is 2.48. The lowest BCUT2D eigenvalue weighted by molar-refractivity contribution is -0.114. The lowest BCUT2D eigenvalue weighted by Crippen LogP contribution is -2.16. The lowest BCUT2D eigenvalue weighted by atomic mass is 9.83. The summed E-state index contributed by atoms with van der Waals surface area (Å²) in [6.45, 7) is 2.28. The normalized spacial score (nSPS) is 18.6. The number of thioether (sulfide) groups is 1. The average molecular weight is 383 g/mol. The third kappa shape index (κ3) is 5.60. The van der Waals surface area contributed by atoms with Gasteiger partial charge >= 0.3 is 0 Å². The molecular weight excluding hydrogens is 348 g/mol. The Bertz CT molecular complexity index is 685. The van der Waals surface area contributed by atoms with Gasteiger partial charge in [0.05, 0.1) is 4.91 Å². The highest BCUT2D eigenvalue weighted by Gasteiger charge is 2.30. The second-order valence-corrected chi connectivity index (χ2v) is 9.03. The molecule has 1 unspecified atom stereocenters. The second-order valence-electron chi connectivity index (χ2n) is 7.98. The van der Waals surface area contributed by atoms with Crippen molar-refractivity contribution in [3.8, 4) is 0 Å². The topological polar surface area (TPSA) is 17.1 Å². The van der Waals surface area contributed by atoms with E-state index in [9.17, 15) is 4.79 Å². The molecule has 0 N–H and O–H groups in total. The molecule has 0 aromatic heterocycles. The van der Waals surface area contributed by atoms with Gasteiger partial charge in [-0.25, -0.2) is 0 Å². The molecule has 0 spiro atoms. The number of ketones is 1. The van der Waals surface area contributed by atoms with Gasteiger partial charge in [0.25, 0.3) is 0 Å². The van der Waals surface area contributed by atoms with Crippen LogP contribution in [-0.4, -0.2) is 5.78 Å². The van der Waals surface area contributed by atoms with Crippen molar-refractivity contribution in [3.63, 3.8) is 0 Å². The number of carbonyl (C=O) groups is 1. The quantitative estimate of drug-likeness (QED) is 0.361. The van der Waals surface area contributed by atoms with Crippen LogP contribution in [0.1, 0.15) is 95.5 Å². The molecule has 1 aromatic carbocycles. The smallest absolute Gasteiger partial charge is 0.173 e. The molecule has 0 bridgehead atoms. The van der Waals surface area contributed by atoms with Crippen molar-refractivity contribution in [2.24, 2.45) is 0 Å². The third-order valence-corrected chi connectivity index (χ3v) is 7.10. The van der Waals surface area contributed by atoms with E-state index in [4.69, 9.17) is 0 Å². The minimum absolute atomic E-state index is 0.306. The number of benzene rings is 1. The molecule has 0 saturated carbocycles. The number of rotatable bonds is 11. The molecule has 1 aromatic rings. The maximum Gasteiger partial charge on any atom is 0.173 e. The van der Waals surface area contributed by atoms with Gasteiger partial charge in [0.15, 0.2) is 5.78 Å². The second kappa shape index (κ2) is 10.9. The summed E-state index contributed by atoms with van der Waals surface area (Å²) < 4.78 is 0. The summed E-state index contributed by atoms with van der Waals surface area (Å²) >= 11 is 1.69. The van der Waals surface area contributed by atoms with Gasteiger partial charge in [0.2, 0.25) is 0 Å². The number of carbonyl (C=O) groups excluding carboxylic acids is 1. The first-order chi connectivity index (χ1) is 13.3. The SMILES string of the molecule is CCCCCCCCCCCCC1C2=C(Sc3ccccc31)C(=O)CC=C2. The fourth-order valence-electron chi connectivity index (χ4n) is 4.30. The van der Waals surface area contributed by atoms with Gasteiger partial charge in [-0.15, -0.1) is 0 Å². The molecule has 0 radical (unpaired) electrons. The Morgan fingerprint density at radius 2 is 1.59 bits per heavy atom. The number of Topliss-reactive ketones (excluding diaryl/α,β-unsaturated/α-hetero) is 1. The molecule has 27 heavy (non-hydrogen) atoms. The van der Waals surface area contributed by atoms with Crippen molar-refractivity contribution in [1.29, 1.82) is 0 Å². The van der Waals surface area contributed by atoms with E-state index in [-0.39, 0.29) is 0 Å². The highest BCUT2D eigenvalue weighted by atomic mass is 32.2. The van der Waals surface area contributed by atoms with E-state index >= 15 is 0 Å². The van der Waals surface area contributed by atoms with Gasteiger partial charge in [0.1, 0.15) is 0 Å². The summed E-state index contributed by atoms with van der Waals surface area (Å²) in [7, 11) is 0. The van der Waals surface area contributed by atoms with Crippen LogP contribution in [0.3, 0.4) is 0 Å². The molecule has 3 rings (SSSR count). The molecule has 0 fully saturated rings. The van der Waals surface area contributed by atoms with Crippen molar-refractivity contribution in [2.45, 2.75) is 94.8 Å². The monoisotopic (exact) mass is 382 g/mol. The Kier molecular flexibility index (Phi) is 8.26. The zero-order valence-corrected chi connectivity index (χ0v) is 17.7. The summed E-state index contributed by atoms with van der Waals surface area (Å²) in [6, 6.07) is 8.68. The molecule has 0 saturated heterocycles. The van der Waals surface area contributed by atoms with Gasteiger partial charge in [-0.1, -0.05) is 113 Å². The van der Waals surface area contributed by atoms with E-state index in [1.54, 1.807) is 11.8 Å². The van der Waals surface area contributed by atoms with Crippen LogP contribution < -0.4 is 0 Å². The zero-order chi connectivity index (χ0) is 18.9. The maximum absolute atomic E-state index is 12.4. The van der Waals surface area contributed by atoms with Crippen molar-refractivity contribution in [2.75, 3.05) is 0 Å². The Labute approximate surface area is 169 Å². The fourth-order valence-corrected chi connectivity index (χ4v) is 5.52. The first-order valence-electron chi connectivity index (χ1n) is 11.0. The first kappa shape index (κ1) is 20.5. The van der Waals surface area contributed by atoms with Crippen LogP contribution in [0, 0.1) is 0 Å². The molecule has 2 heteroatoms. The molecule has 2 aliphatic rings. The fraction of sp³-hybridized carbons (Fsp3) is 0.560. The van der Waals surface area contributed by atoms with Crippen LogP contribution in [0.25, 0.3) is 0 Å². The first-order valence-corrected chi connectivity index (χ1v) is 11.8. The minimum atomic E-state index is 0.306. The van der Waals surface area contributed by atoms with Crippen LogP contribution in [-0.2, 0) is 4.79 Å². The van der Waals surface area contributed by atoms with Gasteiger partial charge < -0.3 is 0 Å². The van der Waals surface area contributed by atoms with Crippen molar-refractivity contribution in [1.82, 2.24) is 0 Å². The van der Waals surface area contributed by atoms with E-state index in [0.29, 0.717) is 18.1 Å². The Balaban J connectivity index is 1.47. The van der Waals surface area contributed by atoms with Gasteiger partial charge in [-0.3, -0.25) is 4.79 Å². The molecule has 0 amide bonds. The number of fused-ring (bicyclic) bond motifs is 1. The predicted octanol–water partition coefficient (Wildman–Crippen LogP) is 7.97. The van der Waals surface area contributed by atoms with Gasteiger partial charge in [0, 0.05) is 17.2 Å². The number of hydrogen-bond acceptors (Lipinski definition) is 2. The molecule has 1 atom stereocenters. The molecule has 1 aliphatic carbocycles. The van der Waals surface area contributed by atoms with Crippen LogP contribution in [0.4, 0.5) is 0 Å². The lowest BCUT2D eigenvalue weighted by Gasteiger charge is -2.30. The number of allylic oxidation sites excluding steroid dienone is 4. The molecule has 1 nitrogen and oxygen atoms in total. The maximum atomic E-state index is 12.4. The van der Waals surface area contributed by atoms with E-state index in [2.05, 4.69) is 43.3 Å². The van der Waals surface area contributed by atoms with Crippen LogP contribution >= 0.6 is 11.8 Å². The molecule has 1 heterocycles. The van der Waals surface area contributed by atoms with E-state index < -0.39 is 0 Å². The Morgan fingerprint density at radius 1 is 0.926 bits per heavy atom. The van der Waals surface area contributed by atoms with Crippen LogP contribution in [0.2, 0.25) is 0 Å². The molecular formula is C25H34OS. The summed E-state index contributed by atoms with van der Waals surface area (Å²) in [4.78, 5) is 14.7. The number of unbranched alkanes of at least 4 members (excludes halogenated alkanes) is 9. The van der Waals surface area contributed by atoms with Gasteiger partial charge in [-0.05, 0) is 23.6 Å². The van der Waals surface area contributed by atoms with E-state index in [0.717, 1.165) is 4.91 Å². The van der Waals surface area contributed by atoms with E-state index in [1.807, 2.05) is 0 Å². The van der Waals surface area contributed by atoms with Crippen LogP contribution in [0.5, 0.6) is 0 Å². The average Bonchev–Trinajstić information content (AvgIpc) is 2.69. The molecule has 146 valence electrons. The standard InChI is InChI=1S/C25H34OS/c1-2-3-4-5-6-7-8-9-10-11-15-20-21-16-12-13-19-24(21)27-25-22(20)17-14-18-23(25)26/h12-14,16-17,19-20H,2-11,15,18H2,1H3. The van der Waals surface area contributed by atoms with Crippen molar-refractivity contribution >= 4 is 17.5 Å². The summed E-state index contributed by atoms with van der Waals surface area (Å²) in [6.07, 6.45) is 19.7. The summed E-state index contributed by atoms with van der Waals surface area (Å²) in [5.74, 6) is 0.715. The van der Waals surface area contributed by atoms with Crippen molar-refractivity contribution in [3.05, 3.63) is 52.5 Å². The third-order valence-electron chi connectivity index (χ3n) is 5.84. The van der Waals surface area contributed by atoms with E-state index in [1.165, 1.54) is 86.7 Å². The largest absolute Gasteiger partial charge is 0.293 e. The predicted molar refractivity (Wildman–Crippen MR) is 117 cm³/mol. The van der Waals surface area contributed by atoms with Crippen molar-refractivity contribution < 1.29 is 4.79 Å². The number of hydrogen-bond donors (Lipinski definition) is 0.